The largest absolute Gasteiger partial charge is 0.498 e. The third-order valence-corrected chi connectivity index (χ3v) is 14.9. The van der Waals surface area contributed by atoms with Crippen molar-refractivity contribution in [1.82, 2.24) is 0 Å². The van der Waals surface area contributed by atoms with Gasteiger partial charge in [0.1, 0.15) is 6.29 Å². The molecule has 2 aliphatic rings. The molecule has 2 fully saturated rings. The van der Waals surface area contributed by atoms with E-state index >= 15 is 0 Å². The van der Waals surface area contributed by atoms with Gasteiger partial charge in [0.05, 0.1) is 0 Å². The van der Waals surface area contributed by atoms with Gasteiger partial charge in [-0.3, -0.25) is 0 Å². The van der Waals surface area contributed by atoms with E-state index in [0.29, 0.717) is 18.8 Å². The molecule has 0 aromatic heterocycles. The van der Waals surface area contributed by atoms with Gasteiger partial charge in [0.25, 0.3) is 39.3 Å². The van der Waals surface area contributed by atoms with Crippen molar-refractivity contribution >= 4 is 45.6 Å². The molecule has 0 aromatic carbocycles. The van der Waals surface area contributed by atoms with Crippen LogP contribution < -0.4 is 0 Å². The number of rotatable bonds is 7. The monoisotopic (exact) mass is 784 g/mol. The minimum Gasteiger partial charge on any atom is -0.303 e. The fourth-order valence-corrected chi connectivity index (χ4v) is 10.4. The highest BCUT2D eigenvalue weighted by Crippen LogP contribution is 2.41. The normalized spacial score (nSPS) is 18.4. The summed E-state index contributed by atoms with van der Waals surface area (Å²) in [7, 11) is -25.7. The second-order valence-electron chi connectivity index (χ2n) is 9.92. The fourth-order valence-electron chi connectivity index (χ4n) is 4.02. The minimum atomic E-state index is -6.49. The first kappa shape index (κ1) is 46.7. The van der Waals surface area contributed by atoms with Crippen LogP contribution in [0, 0.1) is 11.8 Å². The lowest BCUT2D eigenvalue weighted by atomic mass is 9.87. The molecule has 25 heteroatoms. The SMILES string of the molecule is C.O=CC1CCCCC1.O=S(=O)(C(CC1CCCCC1)S(=O)(=O)C(F)(F)F)C(F)(F)F.O=S(=O)(CS(=O)(=O)C(F)(F)F)C(F)(F)F. The first-order valence-corrected chi connectivity index (χ1v) is 18.9. The van der Waals surface area contributed by atoms with Gasteiger partial charge in [-0.25, -0.2) is 33.7 Å². The van der Waals surface area contributed by atoms with Crippen LogP contribution in [0.4, 0.5) is 52.7 Å². The Morgan fingerprint density at radius 2 is 0.826 bits per heavy atom. The molecule has 0 aromatic rings. The molecule has 2 aliphatic carbocycles. The zero-order chi connectivity index (χ0) is 35.9. The maximum Gasteiger partial charge on any atom is 0.498 e. The van der Waals surface area contributed by atoms with Crippen LogP contribution in [-0.4, -0.2) is 71.7 Å². The Morgan fingerprint density at radius 1 is 0.522 bits per heavy atom. The van der Waals surface area contributed by atoms with Gasteiger partial charge in [-0.2, -0.15) is 52.7 Å². The molecular formula is C21H32F12O9S4. The molecule has 0 aliphatic heterocycles. The minimum absolute atomic E-state index is 0. The van der Waals surface area contributed by atoms with Crippen molar-refractivity contribution in [2.45, 2.75) is 105 Å². The van der Waals surface area contributed by atoms with Crippen LogP contribution in [0.2, 0.25) is 0 Å². The second-order valence-corrected chi connectivity index (χ2v) is 18.8. The van der Waals surface area contributed by atoms with Crippen LogP contribution in [0.25, 0.3) is 0 Å². The topological polar surface area (TPSA) is 154 Å². The molecule has 0 saturated heterocycles. The van der Waals surface area contributed by atoms with Crippen LogP contribution in [0.5, 0.6) is 0 Å². The molecule has 0 bridgehead atoms. The number of alkyl halides is 12. The summed E-state index contributed by atoms with van der Waals surface area (Å²) in [6.45, 7) is 0. The molecule has 46 heavy (non-hydrogen) atoms. The average molecular weight is 785 g/mol. The lowest BCUT2D eigenvalue weighted by molar-refractivity contribution is -0.111. The summed E-state index contributed by atoms with van der Waals surface area (Å²) in [5, 5.41) is -3.03. The third kappa shape index (κ3) is 13.3. The number of halogens is 12. The molecule has 0 radical (unpaired) electrons. The zero-order valence-electron chi connectivity index (χ0n) is 22.6. The Labute approximate surface area is 258 Å². The summed E-state index contributed by atoms with van der Waals surface area (Å²) in [5.41, 5.74) is -24.2. The van der Waals surface area contributed by atoms with Crippen molar-refractivity contribution in [3.63, 3.8) is 0 Å². The van der Waals surface area contributed by atoms with E-state index in [1.54, 1.807) is 0 Å². The first-order chi connectivity index (χ1) is 19.8. The molecule has 2 saturated carbocycles. The number of aldehydes is 1. The maximum absolute atomic E-state index is 12.5. The fraction of sp³-hybridized carbons (Fsp3) is 0.952. The molecule has 0 heterocycles. The summed E-state index contributed by atoms with van der Waals surface area (Å²) in [6.07, 6.45) is 8.23. The van der Waals surface area contributed by atoms with Crippen molar-refractivity contribution in [2.24, 2.45) is 11.8 Å². The summed E-state index contributed by atoms with van der Waals surface area (Å²) in [6, 6.07) is 0. The maximum atomic E-state index is 12.5. The van der Waals surface area contributed by atoms with Gasteiger partial charge in [-0.05, 0) is 25.2 Å². The van der Waals surface area contributed by atoms with Crippen molar-refractivity contribution < 1.29 is 91.2 Å². The highest BCUT2D eigenvalue weighted by molar-refractivity contribution is 8.10. The molecule has 0 N–H and O–H groups in total. The predicted octanol–water partition coefficient (Wildman–Crippen LogP) is 6.37. The molecule has 0 atom stereocenters. The van der Waals surface area contributed by atoms with Crippen molar-refractivity contribution in [2.75, 3.05) is 5.08 Å². The van der Waals surface area contributed by atoms with Gasteiger partial charge in [0.15, 0.2) is 9.67 Å². The van der Waals surface area contributed by atoms with E-state index in [1.165, 1.54) is 19.3 Å². The highest BCUT2D eigenvalue weighted by Gasteiger charge is 2.63. The van der Waals surface area contributed by atoms with E-state index in [9.17, 15) is 91.2 Å². The number of carbonyl (C=O) groups excluding carboxylic acids is 1. The summed E-state index contributed by atoms with van der Waals surface area (Å²) >= 11 is 0. The second kappa shape index (κ2) is 16.8. The van der Waals surface area contributed by atoms with Crippen molar-refractivity contribution in [3.05, 3.63) is 0 Å². The number of hydrogen-bond donors (Lipinski definition) is 0. The average Bonchev–Trinajstić information content (AvgIpc) is 2.85. The predicted molar refractivity (Wildman–Crippen MR) is 139 cm³/mol. The van der Waals surface area contributed by atoms with Crippen LogP contribution in [0.3, 0.4) is 0 Å². The Balaban J connectivity index is 0. The lowest BCUT2D eigenvalue weighted by Gasteiger charge is -2.27. The number of hydrogen-bond acceptors (Lipinski definition) is 9. The van der Waals surface area contributed by atoms with E-state index in [0.717, 1.165) is 25.5 Å². The quantitative estimate of drug-likeness (QED) is 0.212. The molecular weight excluding hydrogens is 752 g/mol. The van der Waals surface area contributed by atoms with Gasteiger partial charge in [0, 0.05) is 5.92 Å². The molecule has 2 rings (SSSR count). The number of sulfone groups is 4. The standard InChI is InChI=1S/C10H14F6O4S2.C7H12O.C3H2F6O4S2.CH4/c11-9(12,13)21(17,18)8(22(19,20)10(14,15)16)6-7-4-2-1-3-5-7;8-6-7-4-2-1-3-5-7;4-2(5,6)14(10,11)1-15(12,13)3(7,8)9;/h7-8H,1-6H2;6-7H,1-5H2;1H2;1H4. The Bertz CT molecular complexity index is 1300. The smallest absolute Gasteiger partial charge is 0.303 e. The van der Waals surface area contributed by atoms with Crippen LogP contribution in [0.15, 0.2) is 0 Å². The van der Waals surface area contributed by atoms with Gasteiger partial charge < -0.3 is 4.79 Å². The summed E-state index contributed by atoms with van der Waals surface area (Å²) in [4.78, 5) is 10.2. The van der Waals surface area contributed by atoms with Gasteiger partial charge in [0.2, 0.25) is 0 Å². The molecule has 278 valence electrons. The van der Waals surface area contributed by atoms with Gasteiger partial charge in [-0.1, -0.05) is 58.8 Å². The van der Waals surface area contributed by atoms with Crippen LogP contribution >= 0.6 is 0 Å². The van der Waals surface area contributed by atoms with Crippen molar-refractivity contribution in [1.29, 1.82) is 0 Å². The molecule has 0 amide bonds. The van der Waals surface area contributed by atoms with Crippen LogP contribution in [-0.2, 0) is 44.1 Å². The zero-order valence-corrected chi connectivity index (χ0v) is 25.9. The van der Waals surface area contributed by atoms with E-state index in [-0.39, 0.29) is 20.3 Å². The highest BCUT2D eigenvalue weighted by atomic mass is 32.3. The first-order valence-electron chi connectivity index (χ1n) is 12.5. The lowest BCUT2D eigenvalue weighted by Crippen LogP contribution is -2.45. The van der Waals surface area contributed by atoms with E-state index in [1.807, 2.05) is 0 Å². The Kier molecular flexibility index (Phi) is 17.1. The van der Waals surface area contributed by atoms with E-state index < -0.39 is 83.4 Å². The van der Waals surface area contributed by atoms with Crippen LogP contribution in [0.1, 0.15) is 78.1 Å². The Morgan fingerprint density at radius 3 is 1.07 bits per heavy atom. The van der Waals surface area contributed by atoms with E-state index in [2.05, 4.69) is 0 Å². The van der Waals surface area contributed by atoms with Crippen molar-refractivity contribution in [3.8, 4) is 0 Å². The summed E-state index contributed by atoms with van der Waals surface area (Å²) < 4.78 is 227. The molecule has 9 nitrogen and oxygen atoms in total. The number of carbonyl (C=O) groups is 1. The molecule has 0 spiro atoms. The summed E-state index contributed by atoms with van der Waals surface area (Å²) in [5.74, 6) is -0.392. The van der Waals surface area contributed by atoms with Gasteiger partial charge >= 0.3 is 22.0 Å². The molecule has 0 unspecified atom stereocenters. The van der Waals surface area contributed by atoms with E-state index in [4.69, 9.17) is 0 Å². The third-order valence-electron chi connectivity index (χ3n) is 6.45. The Hall–Kier alpha value is -1.37. The van der Waals surface area contributed by atoms with Gasteiger partial charge in [-0.15, -0.1) is 0 Å².